The molecule has 30 heavy (non-hydrogen) atoms. The Balaban J connectivity index is 1.28. The number of hydrogen-bond acceptors (Lipinski definition) is 3. The van der Waals surface area contributed by atoms with E-state index in [2.05, 4.69) is 15.2 Å². The first-order valence-corrected chi connectivity index (χ1v) is 10.3. The molecule has 2 aliphatic rings. The normalized spacial score (nSPS) is 23.0. The van der Waals surface area contributed by atoms with E-state index in [1.807, 2.05) is 35.2 Å². The van der Waals surface area contributed by atoms with E-state index in [1.54, 1.807) is 12.1 Å². The summed E-state index contributed by atoms with van der Waals surface area (Å²) in [4.78, 5) is 32.9. The maximum atomic E-state index is 13.9. The average molecular weight is 406 g/mol. The Bertz CT molecular complexity index is 1100. The molecule has 2 N–H and O–H groups in total. The number of rotatable bonds is 4. The van der Waals surface area contributed by atoms with Crippen LogP contribution in [-0.4, -0.2) is 64.9 Å². The Labute approximate surface area is 173 Å². The number of nitrogens with one attached hydrogen (secondary N) is 2. The van der Waals surface area contributed by atoms with Crippen LogP contribution in [0.1, 0.15) is 27.3 Å². The molecule has 3 aromatic rings. The lowest BCUT2D eigenvalue weighted by Gasteiger charge is -2.40. The van der Waals surface area contributed by atoms with E-state index in [9.17, 15) is 14.0 Å². The average Bonchev–Trinajstić information content (AvgIpc) is 3.39. The van der Waals surface area contributed by atoms with Gasteiger partial charge in [-0.2, -0.15) is 0 Å². The molecular formula is C23H23FN4O2. The smallest absolute Gasteiger partial charge is 0.267 e. The summed E-state index contributed by atoms with van der Waals surface area (Å²) >= 11 is 0. The van der Waals surface area contributed by atoms with Gasteiger partial charge in [-0.3, -0.25) is 14.5 Å². The van der Waals surface area contributed by atoms with Gasteiger partial charge in [0.1, 0.15) is 11.5 Å². The van der Waals surface area contributed by atoms with Crippen LogP contribution in [0, 0.1) is 5.82 Å². The lowest BCUT2D eigenvalue weighted by Crippen LogP contribution is -2.57. The number of nitrogens with zero attached hydrogens (tertiary/aromatic N) is 2. The zero-order chi connectivity index (χ0) is 20.7. The van der Waals surface area contributed by atoms with Crippen LogP contribution in [-0.2, 0) is 0 Å². The van der Waals surface area contributed by atoms with Crippen molar-refractivity contribution in [3.05, 3.63) is 71.7 Å². The Kier molecular flexibility index (Phi) is 4.75. The fourth-order valence-corrected chi connectivity index (χ4v) is 4.58. The lowest BCUT2D eigenvalue weighted by molar-refractivity contribution is 0.0493. The highest BCUT2D eigenvalue weighted by molar-refractivity contribution is 5.98. The van der Waals surface area contributed by atoms with Gasteiger partial charge >= 0.3 is 0 Å². The number of piperazine rings is 1. The van der Waals surface area contributed by atoms with Crippen molar-refractivity contribution in [2.75, 3.05) is 26.2 Å². The van der Waals surface area contributed by atoms with Gasteiger partial charge in [-0.15, -0.1) is 0 Å². The predicted molar refractivity (Wildman–Crippen MR) is 112 cm³/mol. The SMILES string of the molecule is O=C(NCC1CN(C(=O)c2ccccc2)C2CCN1C2)c1cc2c(F)cccc2[nH]1. The van der Waals surface area contributed by atoms with E-state index < -0.39 is 0 Å². The minimum atomic E-state index is -0.353. The van der Waals surface area contributed by atoms with E-state index >= 15 is 0 Å². The molecule has 0 radical (unpaired) electrons. The summed E-state index contributed by atoms with van der Waals surface area (Å²) in [6, 6.07) is 15.9. The van der Waals surface area contributed by atoms with Crippen molar-refractivity contribution in [1.82, 2.24) is 20.1 Å². The molecule has 1 aromatic heterocycles. The Morgan fingerprint density at radius 3 is 2.73 bits per heavy atom. The Morgan fingerprint density at radius 2 is 1.93 bits per heavy atom. The maximum Gasteiger partial charge on any atom is 0.267 e. The van der Waals surface area contributed by atoms with Crippen molar-refractivity contribution in [3.8, 4) is 0 Å². The number of hydrogen-bond donors (Lipinski definition) is 2. The molecule has 0 aliphatic carbocycles. The third-order valence-electron chi connectivity index (χ3n) is 6.19. The Hall–Kier alpha value is -3.19. The molecule has 0 saturated carbocycles. The number of aromatic amines is 1. The number of halogens is 1. The second-order valence-electron chi connectivity index (χ2n) is 8.01. The lowest BCUT2D eigenvalue weighted by atomic mass is 10.1. The standard InChI is InChI=1S/C23H23FN4O2/c24-19-7-4-8-20-18(19)11-21(26-20)22(29)25-12-17-14-28(16-9-10-27(17)13-16)23(30)15-5-2-1-3-6-15/h1-8,11,16-17,26H,9-10,12-14H2,(H,25,29). The van der Waals surface area contributed by atoms with E-state index in [1.165, 1.54) is 12.1 Å². The molecule has 7 heteroatoms. The second-order valence-corrected chi connectivity index (χ2v) is 8.01. The molecule has 6 nitrogen and oxygen atoms in total. The zero-order valence-electron chi connectivity index (χ0n) is 16.5. The summed E-state index contributed by atoms with van der Waals surface area (Å²) in [5.74, 6) is -0.578. The quantitative estimate of drug-likeness (QED) is 0.700. The number of aromatic nitrogens is 1. The van der Waals surface area contributed by atoms with Crippen LogP contribution in [0.2, 0.25) is 0 Å². The molecule has 3 atom stereocenters. The molecule has 0 spiro atoms. The van der Waals surface area contributed by atoms with Crippen molar-refractivity contribution < 1.29 is 14.0 Å². The van der Waals surface area contributed by atoms with Gasteiger partial charge in [-0.05, 0) is 36.8 Å². The number of H-pyrrole nitrogens is 1. The fraction of sp³-hybridized carbons (Fsp3) is 0.304. The van der Waals surface area contributed by atoms with Crippen molar-refractivity contribution in [1.29, 1.82) is 0 Å². The second kappa shape index (κ2) is 7.57. The number of carbonyl (C=O) groups is 2. The van der Waals surface area contributed by atoms with Gasteiger partial charge in [0.25, 0.3) is 11.8 Å². The van der Waals surface area contributed by atoms with E-state index in [0.717, 1.165) is 19.5 Å². The number of amides is 2. The van der Waals surface area contributed by atoms with Crippen LogP contribution in [0.5, 0.6) is 0 Å². The summed E-state index contributed by atoms with van der Waals surface area (Å²) in [6.07, 6.45) is 0.949. The van der Waals surface area contributed by atoms with Crippen LogP contribution in [0.15, 0.2) is 54.6 Å². The van der Waals surface area contributed by atoms with E-state index in [-0.39, 0.29) is 29.7 Å². The van der Waals surface area contributed by atoms with E-state index in [4.69, 9.17) is 0 Å². The molecule has 2 aromatic carbocycles. The molecule has 3 heterocycles. The zero-order valence-corrected chi connectivity index (χ0v) is 16.5. The van der Waals surface area contributed by atoms with Crippen molar-refractivity contribution in [3.63, 3.8) is 0 Å². The molecule has 2 amide bonds. The molecule has 3 unspecified atom stereocenters. The van der Waals surface area contributed by atoms with Crippen molar-refractivity contribution in [2.24, 2.45) is 0 Å². The van der Waals surface area contributed by atoms with E-state index in [0.29, 0.717) is 35.2 Å². The van der Waals surface area contributed by atoms with Gasteiger partial charge in [0, 0.05) is 54.7 Å². The van der Waals surface area contributed by atoms with Gasteiger partial charge < -0.3 is 15.2 Å². The summed E-state index contributed by atoms with van der Waals surface area (Å²) < 4.78 is 13.9. The molecule has 2 bridgehead atoms. The van der Waals surface area contributed by atoms with Crippen LogP contribution >= 0.6 is 0 Å². The highest BCUT2D eigenvalue weighted by atomic mass is 19.1. The number of benzene rings is 2. The minimum absolute atomic E-state index is 0.0459. The molecule has 2 fully saturated rings. The highest BCUT2D eigenvalue weighted by Gasteiger charge is 2.40. The first kappa shape index (κ1) is 18.8. The Morgan fingerprint density at radius 1 is 1.10 bits per heavy atom. The van der Waals surface area contributed by atoms with Crippen molar-refractivity contribution >= 4 is 22.7 Å². The molecule has 5 rings (SSSR count). The predicted octanol–water partition coefficient (Wildman–Crippen LogP) is 2.64. The topological polar surface area (TPSA) is 68.4 Å². The van der Waals surface area contributed by atoms with Crippen LogP contribution in [0.3, 0.4) is 0 Å². The highest BCUT2D eigenvalue weighted by Crippen LogP contribution is 2.26. The first-order chi connectivity index (χ1) is 14.6. The van der Waals surface area contributed by atoms with Crippen LogP contribution in [0.25, 0.3) is 10.9 Å². The first-order valence-electron chi connectivity index (χ1n) is 10.3. The summed E-state index contributed by atoms with van der Waals surface area (Å²) in [7, 11) is 0. The summed E-state index contributed by atoms with van der Waals surface area (Å²) in [5, 5.41) is 3.36. The van der Waals surface area contributed by atoms with Gasteiger partial charge in [-0.1, -0.05) is 24.3 Å². The molecule has 2 saturated heterocycles. The third kappa shape index (κ3) is 3.35. The van der Waals surface area contributed by atoms with Crippen LogP contribution in [0.4, 0.5) is 4.39 Å². The number of fused-ring (bicyclic) bond motifs is 3. The monoisotopic (exact) mass is 406 g/mol. The summed E-state index contributed by atoms with van der Waals surface area (Å²) in [6.45, 7) is 2.76. The van der Waals surface area contributed by atoms with Crippen LogP contribution < -0.4 is 5.32 Å². The van der Waals surface area contributed by atoms with Gasteiger partial charge in [0.05, 0.1) is 0 Å². The largest absolute Gasteiger partial charge is 0.350 e. The van der Waals surface area contributed by atoms with Gasteiger partial charge in [0.15, 0.2) is 0 Å². The summed E-state index contributed by atoms with van der Waals surface area (Å²) in [5.41, 5.74) is 1.63. The number of carbonyl (C=O) groups excluding carboxylic acids is 2. The molecule has 154 valence electrons. The maximum absolute atomic E-state index is 13.9. The third-order valence-corrected chi connectivity index (χ3v) is 6.19. The van der Waals surface area contributed by atoms with Gasteiger partial charge in [-0.25, -0.2) is 4.39 Å². The minimum Gasteiger partial charge on any atom is -0.350 e. The van der Waals surface area contributed by atoms with Crippen molar-refractivity contribution in [2.45, 2.75) is 18.5 Å². The molecule has 2 aliphatic heterocycles. The van der Waals surface area contributed by atoms with Gasteiger partial charge in [0.2, 0.25) is 0 Å². The fourth-order valence-electron chi connectivity index (χ4n) is 4.58. The molecular weight excluding hydrogens is 383 g/mol.